The number of rotatable bonds is 6. The van der Waals surface area contributed by atoms with E-state index in [1.807, 2.05) is 0 Å². The smallest absolute Gasteiger partial charge is 0.285 e. The molecule has 35 heavy (non-hydrogen) atoms. The molecule has 0 bridgehead atoms. The van der Waals surface area contributed by atoms with Crippen molar-refractivity contribution < 1.29 is 18.1 Å². The number of nitrogens with one attached hydrogen (secondary N) is 2. The summed E-state index contributed by atoms with van der Waals surface area (Å²) in [7, 11) is -4.16. The van der Waals surface area contributed by atoms with E-state index in [4.69, 9.17) is 11.5 Å². The number of aliphatic imine (C=N–C) groups is 1. The maximum atomic E-state index is 12.4. The van der Waals surface area contributed by atoms with E-state index in [1.54, 1.807) is 0 Å². The highest BCUT2D eigenvalue weighted by molar-refractivity contribution is 7.90. The lowest BCUT2D eigenvalue weighted by atomic mass is 10.2. The van der Waals surface area contributed by atoms with Gasteiger partial charge in [0.1, 0.15) is 5.01 Å². The largest absolute Gasteiger partial charge is 0.369 e. The number of hydrogen-bond acceptors (Lipinski definition) is 9. The average molecular weight is 540 g/mol. The summed E-state index contributed by atoms with van der Waals surface area (Å²) in [4.78, 5) is 25.1. The zero-order valence-electron chi connectivity index (χ0n) is 17.8. The van der Waals surface area contributed by atoms with E-state index in [1.165, 1.54) is 55.5 Å². The second-order valence-electron chi connectivity index (χ2n) is 6.47. The van der Waals surface area contributed by atoms with Crippen LogP contribution in [0.15, 0.2) is 62.8 Å². The summed E-state index contributed by atoms with van der Waals surface area (Å²) in [6.07, 6.45) is 0. The van der Waals surface area contributed by atoms with Crippen LogP contribution in [0, 0.1) is 10.1 Å². The average Bonchev–Trinajstić information content (AvgIpc) is 3.21. The molecule has 0 aliphatic heterocycles. The van der Waals surface area contributed by atoms with E-state index in [-0.39, 0.29) is 40.0 Å². The summed E-state index contributed by atoms with van der Waals surface area (Å²) in [6, 6.07) is 11.0. The zero-order valence-corrected chi connectivity index (χ0v) is 20.2. The van der Waals surface area contributed by atoms with Gasteiger partial charge in [0.15, 0.2) is 0 Å². The Morgan fingerprint density at radius 1 is 1.06 bits per heavy atom. The van der Waals surface area contributed by atoms with Crippen LogP contribution < -0.4 is 22.1 Å². The van der Waals surface area contributed by atoms with Crippen LogP contribution in [0.25, 0.3) is 10.6 Å². The number of hydrogen-bond donors (Lipinski definition) is 4. The van der Waals surface area contributed by atoms with Crippen molar-refractivity contribution in [1.82, 2.24) is 15.5 Å². The number of benzene rings is 2. The van der Waals surface area contributed by atoms with Crippen molar-refractivity contribution in [3.63, 3.8) is 0 Å². The summed E-state index contributed by atoms with van der Waals surface area (Å²) in [5, 5.41) is 24.0. The first-order valence-corrected chi connectivity index (χ1v) is 11.5. The Labute approximate surface area is 208 Å². The molecule has 0 aliphatic carbocycles. The number of sulfonamides is 1. The topological polar surface area (TPSA) is 221 Å². The number of carbonyl (C=O) groups excluding carboxylic acids is 1. The minimum atomic E-state index is -4.16. The second kappa shape index (κ2) is 11.3. The molecular weight excluding hydrogens is 522 g/mol. The van der Waals surface area contributed by atoms with Crippen LogP contribution in [0.2, 0.25) is 0 Å². The number of guanidine groups is 2. The van der Waals surface area contributed by atoms with Gasteiger partial charge in [0.25, 0.3) is 15.7 Å². The number of anilines is 1. The van der Waals surface area contributed by atoms with Crippen LogP contribution >= 0.6 is 23.7 Å². The molecule has 0 fully saturated rings. The lowest BCUT2D eigenvalue weighted by Gasteiger charge is -2.05. The van der Waals surface area contributed by atoms with Crippen molar-refractivity contribution in [3.8, 4) is 10.6 Å². The molecule has 1 heterocycles. The molecule has 0 aliphatic rings. The van der Waals surface area contributed by atoms with E-state index in [2.05, 4.69) is 30.2 Å². The van der Waals surface area contributed by atoms with E-state index in [0.29, 0.717) is 16.3 Å². The standard InChI is InChI=1S/C18H17N9O5S2.ClH/c1-10(28)21-12-4-8-14(9-5-12)34(31,32)26-17(20)22-16(19)23-18-25-24-15(33-18)11-2-6-13(7-3-11)27(29)30;/h2-9H,1H3,(H,21,28)(H5,19,20,22,23,25,26);1H. The fraction of sp³-hybridized carbons (Fsp3) is 0.0556. The predicted molar refractivity (Wildman–Crippen MR) is 133 cm³/mol. The molecule has 3 aromatic rings. The number of nitro groups is 1. The third kappa shape index (κ3) is 7.42. The molecule has 0 spiro atoms. The Morgan fingerprint density at radius 3 is 2.26 bits per heavy atom. The van der Waals surface area contributed by atoms with Gasteiger partial charge in [0, 0.05) is 30.3 Å². The van der Waals surface area contributed by atoms with Crippen molar-refractivity contribution in [2.45, 2.75) is 11.8 Å². The van der Waals surface area contributed by atoms with Gasteiger partial charge in [-0.1, -0.05) is 11.3 Å². The lowest BCUT2D eigenvalue weighted by molar-refractivity contribution is -0.384. The van der Waals surface area contributed by atoms with Crippen LogP contribution in [0.3, 0.4) is 0 Å². The number of halogens is 1. The van der Waals surface area contributed by atoms with Gasteiger partial charge < -0.3 is 16.8 Å². The minimum Gasteiger partial charge on any atom is -0.369 e. The van der Waals surface area contributed by atoms with Crippen molar-refractivity contribution in [2.24, 2.45) is 20.9 Å². The number of aromatic nitrogens is 2. The summed E-state index contributed by atoms with van der Waals surface area (Å²) in [5.41, 5.74) is 12.3. The van der Waals surface area contributed by atoms with Crippen molar-refractivity contribution in [3.05, 3.63) is 58.6 Å². The molecule has 1 amide bonds. The minimum absolute atomic E-state index is 0. The molecule has 17 heteroatoms. The molecule has 0 unspecified atom stereocenters. The number of carbonyl (C=O) groups is 1. The highest BCUT2D eigenvalue weighted by atomic mass is 35.5. The van der Waals surface area contributed by atoms with E-state index in [0.717, 1.165) is 11.3 Å². The number of amides is 1. The van der Waals surface area contributed by atoms with Crippen LogP contribution in [0.1, 0.15) is 6.92 Å². The molecule has 0 radical (unpaired) electrons. The Kier molecular flexibility index (Phi) is 8.76. The fourth-order valence-electron chi connectivity index (χ4n) is 2.48. The Hall–Kier alpha value is -4.15. The van der Waals surface area contributed by atoms with Crippen LogP contribution in [-0.4, -0.2) is 41.4 Å². The second-order valence-corrected chi connectivity index (χ2v) is 9.03. The van der Waals surface area contributed by atoms with Crippen LogP contribution in [0.4, 0.5) is 16.5 Å². The quantitative estimate of drug-likeness (QED) is 0.153. The van der Waals surface area contributed by atoms with Crippen molar-refractivity contribution in [2.75, 3.05) is 5.32 Å². The van der Waals surface area contributed by atoms with E-state index < -0.39 is 20.9 Å². The number of nitrogens with zero attached hydrogens (tertiary/aromatic N) is 5. The van der Waals surface area contributed by atoms with Crippen LogP contribution in [-0.2, 0) is 14.8 Å². The van der Waals surface area contributed by atoms with Gasteiger partial charge in [0.2, 0.25) is 23.0 Å². The molecule has 0 atom stereocenters. The van der Waals surface area contributed by atoms with E-state index >= 15 is 0 Å². The number of nitro benzene ring substituents is 1. The molecule has 0 saturated heterocycles. The van der Waals surface area contributed by atoms with Crippen molar-refractivity contribution in [1.29, 1.82) is 0 Å². The highest BCUT2D eigenvalue weighted by Gasteiger charge is 2.15. The molecule has 14 nitrogen and oxygen atoms in total. The molecule has 6 N–H and O–H groups in total. The summed E-state index contributed by atoms with van der Waals surface area (Å²) in [5.74, 6) is -1.12. The van der Waals surface area contributed by atoms with Gasteiger partial charge in [-0.05, 0) is 36.4 Å². The summed E-state index contributed by atoms with van der Waals surface area (Å²) >= 11 is 1.04. The van der Waals surface area contributed by atoms with E-state index in [9.17, 15) is 23.3 Å². The molecule has 3 rings (SSSR count). The van der Waals surface area contributed by atoms with Gasteiger partial charge in [-0.3, -0.25) is 20.2 Å². The first-order valence-electron chi connectivity index (χ1n) is 9.21. The third-order valence-electron chi connectivity index (χ3n) is 3.90. The summed E-state index contributed by atoms with van der Waals surface area (Å²) in [6.45, 7) is 1.32. The van der Waals surface area contributed by atoms with Gasteiger partial charge in [-0.2, -0.15) is 13.4 Å². The Morgan fingerprint density at radius 2 is 1.69 bits per heavy atom. The first kappa shape index (κ1) is 27.1. The molecule has 0 saturated carbocycles. The lowest BCUT2D eigenvalue weighted by Crippen LogP contribution is -2.41. The van der Waals surface area contributed by atoms with Gasteiger partial charge in [0.05, 0.1) is 9.82 Å². The number of non-ortho nitro benzene ring substituents is 1. The van der Waals surface area contributed by atoms with Crippen LogP contribution in [0.5, 0.6) is 0 Å². The van der Waals surface area contributed by atoms with Gasteiger partial charge in [-0.15, -0.1) is 27.0 Å². The van der Waals surface area contributed by atoms with Gasteiger partial charge in [-0.25, -0.2) is 0 Å². The highest BCUT2D eigenvalue weighted by Crippen LogP contribution is 2.29. The maximum absolute atomic E-state index is 12.4. The predicted octanol–water partition coefficient (Wildman–Crippen LogP) is 1.73. The fourth-order valence-corrected chi connectivity index (χ4v) is 4.11. The Balaban J connectivity index is 0.00000432. The summed E-state index contributed by atoms with van der Waals surface area (Å²) < 4.78 is 28.3. The van der Waals surface area contributed by atoms with Gasteiger partial charge >= 0.3 is 0 Å². The molecule has 1 aromatic heterocycles. The molecule has 2 aromatic carbocycles. The normalized spacial score (nSPS) is 11.9. The first-order chi connectivity index (χ1) is 16.0. The third-order valence-corrected chi connectivity index (χ3v) is 6.07. The SMILES string of the molecule is CC(=O)Nc1ccc(S(=O)(=O)/N=C(\N)N/C(N)=N/c2nnc(-c3ccc([N+](=O)[O-])cc3)s2)cc1.Cl. The number of nitrogens with two attached hydrogens (primary N) is 2. The monoisotopic (exact) mass is 539 g/mol. The maximum Gasteiger partial charge on any atom is 0.285 e. The molecular formula is C18H18ClN9O5S2. The zero-order chi connectivity index (χ0) is 24.9. The van der Waals surface area contributed by atoms with Crippen molar-refractivity contribution >= 4 is 68.1 Å². The Bertz CT molecular complexity index is 1390. The molecule has 184 valence electrons.